The number of benzene rings is 1. The monoisotopic (exact) mass is 265 g/mol. The molecular weight excluding hydrogens is 250 g/mol. The van der Waals surface area contributed by atoms with Gasteiger partial charge in [0, 0.05) is 17.6 Å². The lowest BCUT2D eigenvalue weighted by Gasteiger charge is -2.16. The summed E-state index contributed by atoms with van der Waals surface area (Å²) in [4.78, 5) is 0. The van der Waals surface area contributed by atoms with Crippen LogP contribution >= 0.6 is 11.6 Å². The van der Waals surface area contributed by atoms with Gasteiger partial charge in [0.2, 0.25) is 0 Å². The molecular formula is C13H16ClN3O. The maximum atomic E-state index is 6.28. The number of nitrogens with zero attached hydrogens (tertiary/aromatic N) is 2. The number of aryl methyl sites for hydroxylation is 2. The number of ether oxygens (including phenoxy) is 1. The minimum absolute atomic E-state index is 0.315. The Morgan fingerprint density at radius 1 is 1.39 bits per heavy atom. The van der Waals surface area contributed by atoms with Gasteiger partial charge < -0.3 is 10.5 Å². The van der Waals surface area contributed by atoms with Crippen molar-refractivity contribution in [2.75, 3.05) is 7.11 Å². The summed E-state index contributed by atoms with van der Waals surface area (Å²) in [7, 11) is 3.49. The van der Waals surface area contributed by atoms with Gasteiger partial charge in [0.1, 0.15) is 5.75 Å². The van der Waals surface area contributed by atoms with E-state index in [1.807, 2.05) is 32.2 Å². The second-order valence-corrected chi connectivity index (χ2v) is 4.63. The van der Waals surface area contributed by atoms with Crippen LogP contribution in [0.25, 0.3) is 0 Å². The van der Waals surface area contributed by atoms with Gasteiger partial charge in [-0.2, -0.15) is 5.10 Å². The van der Waals surface area contributed by atoms with Crippen LogP contribution in [0.5, 0.6) is 5.75 Å². The third-order valence-electron chi connectivity index (χ3n) is 2.88. The van der Waals surface area contributed by atoms with E-state index in [2.05, 4.69) is 5.10 Å². The zero-order chi connectivity index (χ0) is 13.3. The minimum atomic E-state index is -0.315. The van der Waals surface area contributed by atoms with Crippen LogP contribution in [0.15, 0.2) is 24.3 Å². The molecule has 0 radical (unpaired) electrons. The molecule has 1 atom stereocenters. The van der Waals surface area contributed by atoms with Crippen molar-refractivity contribution in [2.24, 2.45) is 12.8 Å². The molecule has 0 saturated heterocycles. The van der Waals surface area contributed by atoms with Crippen molar-refractivity contribution in [3.63, 3.8) is 0 Å². The fraction of sp³-hybridized carbons (Fsp3) is 0.308. The first-order valence-electron chi connectivity index (χ1n) is 5.62. The smallest absolute Gasteiger partial charge is 0.124 e. The van der Waals surface area contributed by atoms with E-state index in [1.165, 1.54) is 0 Å². The third kappa shape index (κ3) is 2.35. The molecule has 0 aliphatic carbocycles. The fourth-order valence-corrected chi connectivity index (χ4v) is 2.21. The molecule has 2 aromatic rings. The Morgan fingerprint density at radius 2 is 2.11 bits per heavy atom. The Bertz CT molecular complexity index is 565. The van der Waals surface area contributed by atoms with Crippen molar-refractivity contribution in [1.29, 1.82) is 0 Å². The highest BCUT2D eigenvalue weighted by Crippen LogP contribution is 2.30. The molecule has 0 bridgehead atoms. The molecule has 1 aromatic carbocycles. The summed E-state index contributed by atoms with van der Waals surface area (Å²) < 4.78 is 7.10. The van der Waals surface area contributed by atoms with E-state index in [0.717, 1.165) is 22.7 Å². The van der Waals surface area contributed by atoms with E-state index in [1.54, 1.807) is 17.9 Å². The lowest BCUT2D eigenvalue weighted by atomic mass is 10.0. The number of aromatic nitrogens is 2. The zero-order valence-electron chi connectivity index (χ0n) is 10.6. The molecule has 1 aromatic heterocycles. The normalized spacial score (nSPS) is 12.5. The average Bonchev–Trinajstić information content (AvgIpc) is 2.67. The lowest BCUT2D eigenvalue weighted by molar-refractivity contribution is 0.407. The molecule has 2 rings (SSSR count). The van der Waals surface area contributed by atoms with E-state index < -0.39 is 0 Å². The Kier molecular flexibility index (Phi) is 3.59. The summed E-state index contributed by atoms with van der Waals surface area (Å²) >= 11 is 6.02. The number of methoxy groups -OCH3 is 1. The van der Waals surface area contributed by atoms with Gasteiger partial charge in [-0.05, 0) is 31.2 Å². The van der Waals surface area contributed by atoms with Gasteiger partial charge in [-0.1, -0.05) is 11.6 Å². The maximum absolute atomic E-state index is 6.28. The number of rotatable bonds is 3. The predicted molar refractivity (Wildman–Crippen MR) is 72.0 cm³/mol. The molecule has 0 saturated carbocycles. The van der Waals surface area contributed by atoms with Crippen molar-refractivity contribution >= 4 is 11.6 Å². The van der Waals surface area contributed by atoms with Crippen LogP contribution in [-0.2, 0) is 7.05 Å². The molecule has 5 heteroatoms. The van der Waals surface area contributed by atoms with Gasteiger partial charge in [-0.3, -0.25) is 4.68 Å². The van der Waals surface area contributed by atoms with Crippen LogP contribution in [0.2, 0.25) is 5.02 Å². The molecule has 4 nitrogen and oxygen atoms in total. The average molecular weight is 266 g/mol. The van der Waals surface area contributed by atoms with E-state index in [-0.39, 0.29) is 6.04 Å². The van der Waals surface area contributed by atoms with Crippen molar-refractivity contribution in [2.45, 2.75) is 13.0 Å². The van der Waals surface area contributed by atoms with Crippen molar-refractivity contribution in [3.05, 3.63) is 46.2 Å². The molecule has 0 fully saturated rings. The highest BCUT2D eigenvalue weighted by atomic mass is 35.5. The molecule has 2 N–H and O–H groups in total. The highest BCUT2D eigenvalue weighted by molar-refractivity contribution is 6.30. The summed E-state index contributed by atoms with van der Waals surface area (Å²) in [5.41, 5.74) is 8.99. The summed E-state index contributed by atoms with van der Waals surface area (Å²) in [6.07, 6.45) is 0. The van der Waals surface area contributed by atoms with Crippen molar-refractivity contribution in [1.82, 2.24) is 9.78 Å². The lowest BCUT2D eigenvalue weighted by Crippen LogP contribution is -2.16. The molecule has 1 heterocycles. The number of hydrogen-bond acceptors (Lipinski definition) is 3. The first-order chi connectivity index (χ1) is 8.52. The molecule has 0 aliphatic rings. The van der Waals surface area contributed by atoms with Gasteiger partial charge >= 0.3 is 0 Å². The Balaban J connectivity index is 2.48. The summed E-state index contributed by atoms with van der Waals surface area (Å²) in [5.74, 6) is 0.728. The third-order valence-corrected chi connectivity index (χ3v) is 3.12. The van der Waals surface area contributed by atoms with Gasteiger partial charge in [0.05, 0.1) is 24.5 Å². The molecule has 0 aliphatic heterocycles. The van der Waals surface area contributed by atoms with E-state index >= 15 is 0 Å². The van der Waals surface area contributed by atoms with E-state index in [9.17, 15) is 0 Å². The van der Waals surface area contributed by atoms with Crippen LogP contribution in [0.1, 0.15) is 23.0 Å². The SMILES string of the molecule is COc1ccc(Cl)cc1C(N)c1cc(C)nn1C. The molecule has 0 spiro atoms. The second-order valence-electron chi connectivity index (χ2n) is 4.20. The first-order valence-corrected chi connectivity index (χ1v) is 6.00. The number of nitrogens with two attached hydrogens (primary N) is 1. The van der Waals surface area contributed by atoms with Crippen LogP contribution in [-0.4, -0.2) is 16.9 Å². The standard InChI is InChI=1S/C13H16ClN3O/c1-8-6-11(17(2)16-8)13(15)10-7-9(14)4-5-12(10)18-3/h4-7,13H,15H2,1-3H3. The van der Waals surface area contributed by atoms with Crippen molar-refractivity contribution < 1.29 is 4.74 Å². The summed E-state index contributed by atoms with van der Waals surface area (Å²) in [6, 6.07) is 7.08. The van der Waals surface area contributed by atoms with Gasteiger partial charge in [-0.15, -0.1) is 0 Å². The van der Waals surface area contributed by atoms with Crippen LogP contribution in [0, 0.1) is 6.92 Å². The van der Waals surface area contributed by atoms with Gasteiger partial charge in [0.25, 0.3) is 0 Å². The molecule has 1 unspecified atom stereocenters. The van der Waals surface area contributed by atoms with Gasteiger partial charge in [0.15, 0.2) is 0 Å². The predicted octanol–water partition coefficient (Wildman–Crippen LogP) is 2.44. The summed E-state index contributed by atoms with van der Waals surface area (Å²) in [5, 5.41) is 4.94. The maximum Gasteiger partial charge on any atom is 0.124 e. The Hall–Kier alpha value is -1.52. The van der Waals surface area contributed by atoms with Crippen molar-refractivity contribution in [3.8, 4) is 5.75 Å². The minimum Gasteiger partial charge on any atom is -0.496 e. The molecule has 18 heavy (non-hydrogen) atoms. The van der Waals surface area contributed by atoms with E-state index in [0.29, 0.717) is 5.02 Å². The second kappa shape index (κ2) is 5.00. The largest absolute Gasteiger partial charge is 0.496 e. The molecule has 0 amide bonds. The number of hydrogen-bond donors (Lipinski definition) is 1. The first kappa shape index (κ1) is 12.9. The summed E-state index contributed by atoms with van der Waals surface area (Å²) in [6.45, 7) is 1.94. The number of halogens is 1. The zero-order valence-corrected chi connectivity index (χ0v) is 11.4. The van der Waals surface area contributed by atoms with Crippen LogP contribution in [0.4, 0.5) is 0 Å². The quantitative estimate of drug-likeness (QED) is 0.927. The van der Waals surface area contributed by atoms with Crippen LogP contribution in [0.3, 0.4) is 0 Å². The fourth-order valence-electron chi connectivity index (χ4n) is 2.03. The molecule has 96 valence electrons. The highest BCUT2D eigenvalue weighted by Gasteiger charge is 2.18. The van der Waals surface area contributed by atoms with Crippen LogP contribution < -0.4 is 10.5 Å². The Morgan fingerprint density at radius 3 is 2.67 bits per heavy atom. The van der Waals surface area contributed by atoms with E-state index in [4.69, 9.17) is 22.1 Å². The Labute approximate surface area is 111 Å². The topological polar surface area (TPSA) is 53.1 Å². The van der Waals surface area contributed by atoms with Gasteiger partial charge in [-0.25, -0.2) is 0 Å².